The summed E-state index contributed by atoms with van der Waals surface area (Å²) >= 11 is 8.91. The van der Waals surface area contributed by atoms with Crippen molar-refractivity contribution in [1.82, 2.24) is 0 Å². The molecule has 0 spiro atoms. The quantitative estimate of drug-likeness (QED) is 0.732. The topological polar surface area (TPSA) is 18.5 Å². The number of halogens is 5. The zero-order valence-electron chi connectivity index (χ0n) is 9.65. The number of methoxy groups -OCH3 is 2. The molecular formula is C11H11BrClF3O2. The highest BCUT2D eigenvalue weighted by molar-refractivity contribution is 9.09. The highest BCUT2D eigenvalue weighted by Crippen LogP contribution is 2.42. The molecule has 0 saturated carbocycles. The molecule has 0 heterocycles. The number of hydrogen-bond acceptors (Lipinski definition) is 2. The Bertz CT molecular complexity index is 423. The van der Waals surface area contributed by atoms with Crippen LogP contribution in [0.2, 0.25) is 5.02 Å². The molecule has 1 aromatic carbocycles. The number of benzene rings is 1. The van der Waals surface area contributed by atoms with Gasteiger partial charge in [0.15, 0.2) is 11.5 Å². The molecule has 0 aliphatic heterocycles. The van der Waals surface area contributed by atoms with Crippen molar-refractivity contribution in [2.45, 2.75) is 17.4 Å². The van der Waals surface area contributed by atoms with E-state index in [2.05, 4.69) is 15.9 Å². The van der Waals surface area contributed by atoms with Gasteiger partial charge in [0, 0.05) is 15.9 Å². The molecular weight excluding hydrogens is 336 g/mol. The van der Waals surface area contributed by atoms with E-state index in [0.717, 1.165) is 0 Å². The molecule has 0 aromatic heterocycles. The van der Waals surface area contributed by atoms with Crippen LogP contribution < -0.4 is 9.47 Å². The zero-order valence-corrected chi connectivity index (χ0v) is 12.0. The van der Waals surface area contributed by atoms with E-state index in [-0.39, 0.29) is 5.02 Å². The second-order valence-corrected chi connectivity index (χ2v) is 5.03. The fourth-order valence-corrected chi connectivity index (χ4v) is 2.59. The van der Waals surface area contributed by atoms with E-state index < -0.39 is 17.4 Å². The van der Waals surface area contributed by atoms with Gasteiger partial charge in [0.05, 0.1) is 20.6 Å². The van der Waals surface area contributed by atoms with Gasteiger partial charge in [0.25, 0.3) is 0 Å². The lowest BCUT2D eigenvalue weighted by atomic mass is 10.1. The number of ether oxygens (including phenoxy) is 2. The fourth-order valence-electron chi connectivity index (χ4n) is 1.42. The second kappa shape index (κ2) is 6.02. The molecule has 18 heavy (non-hydrogen) atoms. The summed E-state index contributed by atoms with van der Waals surface area (Å²) in [4.78, 5) is -0.926. The Hall–Kier alpha value is -0.620. The van der Waals surface area contributed by atoms with Crippen LogP contribution in [0.4, 0.5) is 13.2 Å². The van der Waals surface area contributed by atoms with Gasteiger partial charge in [-0.1, -0.05) is 27.5 Å². The van der Waals surface area contributed by atoms with Crippen LogP contribution in [-0.4, -0.2) is 20.4 Å². The Morgan fingerprint density at radius 1 is 1.22 bits per heavy atom. The smallest absolute Gasteiger partial charge is 0.390 e. The maximum atomic E-state index is 12.3. The van der Waals surface area contributed by atoms with Crippen molar-refractivity contribution in [2.24, 2.45) is 0 Å². The minimum atomic E-state index is -4.27. The van der Waals surface area contributed by atoms with Gasteiger partial charge in [-0.2, -0.15) is 13.2 Å². The SMILES string of the molecule is COc1cc(Cl)c(C(Br)CC(F)(F)F)cc1OC. The predicted molar refractivity (Wildman–Crippen MR) is 66.9 cm³/mol. The minimum Gasteiger partial charge on any atom is -0.493 e. The van der Waals surface area contributed by atoms with Gasteiger partial charge in [0.1, 0.15) is 0 Å². The average molecular weight is 348 g/mol. The summed E-state index contributed by atoms with van der Waals surface area (Å²) < 4.78 is 47.0. The van der Waals surface area contributed by atoms with E-state index in [9.17, 15) is 13.2 Å². The van der Waals surface area contributed by atoms with Crippen molar-refractivity contribution in [3.05, 3.63) is 22.7 Å². The van der Waals surface area contributed by atoms with Crippen molar-refractivity contribution in [1.29, 1.82) is 0 Å². The summed E-state index contributed by atoms with van der Waals surface area (Å²) in [5.41, 5.74) is 0.312. The first-order chi connectivity index (χ1) is 8.28. The van der Waals surface area contributed by atoms with Crippen LogP contribution in [0.15, 0.2) is 12.1 Å². The van der Waals surface area contributed by atoms with Crippen LogP contribution in [0.5, 0.6) is 11.5 Å². The summed E-state index contributed by atoms with van der Waals surface area (Å²) in [6.07, 6.45) is -5.28. The first-order valence-electron chi connectivity index (χ1n) is 4.90. The van der Waals surface area contributed by atoms with Crippen molar-refractivity contribution < 1.29 is 22.6 Å². The minimum absolute atomic E-state index is 0.193. The van der Waals surface area contributed by atoms with Gasteiger partial charge in [-0.3, -0.25) is 0 Å². The van der Waals surface area contributed by atoms with Crippen LogP contribution >= 0.6 is 27.5 Å². The predicted octanol–water partition coefficient (Wildman–Crippen LogP) is 4.75. The highest BCUT2D eigenvalue weighted by atomic mass is 79.9. The van der Waals surface area contributed by atoms with E-state index in [1.807, 2.05) is 0 Å². The summed E-state index contributed by atoms with van der Waals surface area (Å²) in [5.74, 6) is 0.710. The van der Waals surface area contributed by atoms with Gasteiger partial charge in [-0.15, -0.1) is 0 Å². The summed E-state index contributed by atoms with van der Waals surface area (Å²) in [7, 11) is 2.83. The Morgan fingerprint density at radius 2 is 1.72 bits per heavy atom. The molecule has 1 atom stereocenters. The van der Waals surface area contributed by atoms with Crippen molar-refractivity contribution in [2.75, 3.05) is 14.2 Å². The molecule has 0 radical (unpaired) electrons. The van der Waals surface area contributed by atoms with Crippen LogP contribution in [-0.2, 0) is 0 Å². The van der Waals surface area contributed by atoms with E-state index in [1.165, 1.54) is 26.4 Å². The van der Waals surface area contributed by atoms with Crippen molar-refractivity contribution in [3.8, 4) is 11.5 Å². The summed E-state index contributed by atoms with van der Waals surface area (Å²) in [6.45, 7) is 0. The Morgan fingerprint density at radius 3 is 2.17 bits per heavy atom. The Kier molecular flexibility index (Phi) is 5.16. The van der Waals surface area contributed by atoms with Crippen molar-refractivity contribution in [3.63, 3.8) is 0 Å². The van der Waals surface area contributed by atoms with E-state index >= 15 is 0 Å². The van der Waals surface area contributed by atoms with Crippen LogP contribution in [0.1, 0.15) is 16.8 Å². The number of hydrogen-bond donors (Lipinski definition) is 0. The van der Waals surface area contributed by atoms with Gasteiger partial charge < -0.3 is 9.47 Å². The molecule has 1 rings (SSSR count). The molecule has 0 saturated heterocycles. The van der Waals surface area contributed by atoms with Gasteiger partial charge in [-0.25, -0.2) is 0 Å². The summed E-state index contributed by atoms with van der Waals surface area (Å²) in [6, 6.07) is 2.87. The second-order valence-electron chi connectivity index (χ2n) is 3.52. The molecule has 0 fully saturated rings. The third kappa shape index (κ3) is 3.95. The van der Waals surface area contributed by atoms with E-state index in [0.29, 0.717) is 17.1 Å². The molecule has 1 unspecified atom stereocenters. The molecule has 0 aliphatic rings. The molecule has 0 bridgehead atoms. The van der Waals surface area contributed by atoms with Crippen LogP contribution in [0, 0.1) is 0 Å². The van der Waals surface area contributed by atoms with Crippen LogP contribution in [0.25, 0.3) is 0 Å². The van der Waals surface area contributed by atoms with E-state index in [1.54, 1.807) is 0 Å². The van der Waals surface area contributed by atoms with Gasteiger partial charge in [-0.05, 0) is 11.6 Å². The lowest BCUT2D eigenvalue weighted by Crippen LogP contribution is -2.11. The maximum absolute atomic E-state index is 12.3. The summed E-state index contributed by atoms with van der Waals surface area (Å²) in [5, 5.41) is 0.193. The Balaban J connectivity index is 3.09. The molecule has 102 valence electrons. The lowest BCUT2D eigenvalue weighted by Gasteiger charge is -2.17. The van der Waals surface area contributed by atoms with Gasteiger partial charge >= 0.3 is 6.18 Å². The normalized spacial score (nSPS) is 13.3. The van der Waals surface area contributed by atoms with E-state index in [4.69, 9.17) is 21.1 Å². The highest BCUT2D eigenvalue weighted by Gasteiger charge is 2.32. The fraction of sp³-hybridized carbons (Fsp3) is 0.455. The van der Waals surface area contributed by atoms with Crippen molar-refractivity contribution >= 4 is 27.5 Å². The largest absolute Gasteiger partial charge is 0.493 e. The number of rotatable bonds is 4. The molecule has 7 heteroatoms. The number of alkyl halides is 4. The third-order valence-electron chi connectivity index (χ3n) is 2.25. The molecule has 2 nitrogen and oxygen atoms in total. The third-order valence-corrected chi connectivity index (χ3v) is 3.40. The first-order valence-corrected chi connectivity index (χ1v) is 6.20. The molecule has 1 aromatic rings. The first kappa shape index (κ1) is 15.4. The molecule has 0 N–H and O–H groups in total. The zero-order chi connectivity index (χ0) is 13.9. The van der Waals surface area contributed by atoms with Gasteiger partial charge in [0.2, 0.25) is 0 Å². The average Bonchev–Trinajstić information content (AvgIpc) is 2.26. The monoisotopic (exact) mass is 346 g/mol. The molecule has 0 aliphatic carbocycles. The maximum Gasteiger partial charge on any atom is 0.390 e. The molecule has 0 amide bonds. The van der Waals surface area contributed by atoms with Crippen LogP contribution in [0.3, 0.4) is 0 Å². The Labute approximate surface area is 116 Å². The standard InChI is InChI=1S/C11H11BrClF3O2/c1-17-9-3-6(7(12)5-11(14,15)16)8(13)4-10(9)18-2/h3-4,7H,5H2,1-2H3. The lowest BCUT2D eigenvalue weighted by molar-refractivity contribution is -0.134.